The van der Waals surface area contributed by atoms with E-state index in [1.807, 2.05) is 20.8 Å². The first kappa shape index (κ1) is 27.6. The van der Waals surface area contributed by atoms with Gasteiger partial charge in [0, 0.05) is 42.2 Å². The number of aromatic nitrogens is 1. The van der Waals surface area contributed by atoms with Gasteiger partial charge in [0.05, 0.1) is 16.9 Å². The number of aliphatic imine (C=N–C) groups is 1. The zero-order valence-electron chi connectivity index (χ0n) is 20.9. The number of rotatable bonds is 7. The van der Waals surface area contributed by atoms with Crippen LogP contribution in [0.1, 0.15) is 39.7 Å². The molecule has 1 aromatic heterocycles. The van der Waals surface area contributed by atoms with Crippen LogP contribution in [0.25, 0.3) is 0 Å². The molecule has 1 unspecified atom stereocenters. The lowest BCUT2D eigenvalue weighted by atomic mass is 9.87. The van der Waals surface area contributed by atoms with E-state index in [4.69, 9.17) is 9.73 Å². The van der Waals surface area contributed by atoms with E-state index in [1.165, 1.54) is 22.9 Å². The number of fused-ring (bicyclic) bond motifs is 1. The molecule has 0 aromatic carbocycles. The number of carbonyl (C=O) groups is 1. The van der Waals surface area contributed by atoms with Gasteiger partial charge in [0.1, 0.15) is 6.23 Å². The molecule has 2 heterocycles. The van der Waals surface area contributed by atoms with Crippen LogP contribution >= 0.6 is 27.7 Å². The first-order valence-electron chi connectivity index (χ1n) is 11.4. The molecule has 0 radical (unpaired) electrons. The molecule has 0 spiro atoms. The third-order valence-corrected chi connectivity index (χ3v) is 10.1. The Balaban J connectivity index is 2.08. The number of aliphatic hydroxyl groups is 1. The number of aliphatic hydroxyl groups excluding tert-OH is 1. The minimum absolute atomic E-state index is 0.152. The van der Waals surface area contributed by atoms with Crippen molar-refractivity contribution in [2.24, 2.45) is 16.3 Å². The molecule has 1 aliphatic carbocycles. The first-order chi connectivity index (χ1) is 15.5. The predicted molar refractivity (Wildman–Crippen MR) is 139 cm³/mol. The third-order valence-electron chi connectivity index (χ3n) is 6.46. The monoisotopic (exact) mass is 575 g/mol. The molecule has 1 aromatic rings. The van der Waals surface area contributed by atoms with E-state index in [-0.39, 0.29) is 23.3 Å². The quantitative estimate of drug-likeness (QED) is 0.244. The molecule has 1 aliphatic heterocycles. The minimum atomic E-state index is -1.40. The highest BCUT2D eigenvalue weighted by Crippen LogP contribution is 2.66. The molecule has 1 saturated carbocycles. The second-order valence-corrected chi connectivity index (χ2v) is 19.6. The largest absolute Gasteiger partial charge is 0.465 e. The van der Waals surface area contributed by atoms with Gasteiger partial charge in [0.2, 0.25) is 5.95 Å². The fourth-order valence-corrected chi connectivity index (χ4v) is 7.02. The summed E-state index contributed by atoms with van der Waals surface area (Å²) < 4.78 is 21.1. The van der Waals surface area contributed by atoms with Crippen LogP contribution in [0.2, 0.25) is 25.7 Å². The summed E-state index contributed by atoms with van der Waals surface area (Å²) >= 11 is 4.61. The number of hydrogen-bond donors (Lipinski definition) is 2. The standard InChI is InChI=1S/C23H35BrFN3O4SSi/c1-21(2,3)18(32-8-9-34(5,6)7)28(20(30)31)19-27-22(4,16-11-23(16,13-29)33-19)15-10-14(24)12-26-17(15)25/h10,12,16,18,29H,8-9,11,13H2,1-7H3,(H,30,31)/t16-,18?,22+,23+/m0/s1. The molecule has 1 amide bonds. The average Bonchev–Trinajstić information content (AvgIpc) is 3.43. The van der Waals surface area contributed by atoms with E-state index in [0.717, 1.165) is 6.04 Å². The fraction of sp³-hybridized carbons (Fsp3) is 0.696. The van der Waals surface area contributed by atoms with Crippen molar-refractivity contribution < 1.29 is 24.1 Å². The summed E-state index contributed by atoms with van der Waals surface area (Å²) in [5.41, 5.74) is -1.36. The summed E-state index contributed by atoms with van der Waals surface area (Å²) in [5, 5.41) is 20.8. The van der Waals surface area contributed by atoms with Gasteiger partial charge >= 0.3 is 6.09 Å². The normalized spacial score (nSPS) is 27.6. The Kier molecular flexibility index (Phi) is 7.67. The molecule has 11 heteroatoms. The number of thioether (sulfide) groups is 1. The number of amidine groups is 1. The number of nitrogens with zero attached hydrogens (tertiary/aromatic N) is 3. The smallest absolute Gasteiger partial charge is 0.415 e. The number of halogens is 2. The number of carboxylic acid groups (broad SMARTS) is 1. The van der Waals surface area contributed by atoms with Crippen LogP contribution < -0.4 is 0 Å². The van der Waals surface area contributed by atoms with Gasteiger partial charge in [-0.05, 0) is 41.4 Å². The second kappa shape index (κ2) is 9.46. The Morgan fingerprint density at radius 2 is 2.09 bits per heavy atom. The summed E-state index contributed by atoms with van der Waals surface area (Å²) in [6.07, 6.45) is -0.0227. The molecular weight excluding hydrogens is 541 g/mol. The van der Waals surface area contributed by atoms with Crippen LogP contribution in [-0.4, -0.2) is 63.6 Å². The maximum atomic E-state index is 14.9. The van der Waals surface area contributed by atoms with E-state index in [9.17, 15) is 19.4 Å². The van der Waals surface area contributed by atoms with Crippen LogP contribution in [0.15, 0.2) is 21.7 Å². The Labute approximate surface area is 214 Å². The van der Waals surface area contributed by atoms with Crippen molar-refractivity contribution in [2.75, 3.05) is 13.2 Å². The molecule has 7 nitrogen and oxygen atoms in total. The van der Waals surface area contributed by atoms with Crippen molar-refractivity contribution in [3.8, 4) is 0 Å². The fourth-order valence-electron chi connectivity index (χ4n) is 4.40. The van der Waals surface area contributed by atoms with Crippen LogP contribution in [0.5, 0.6) is 0 Å². The average molecular weight is 577 g/mol. The summed E-state index contributed by atoms with van der Waals surface area (Å²) in [6, 6.07) is 2.53. The van der Waals surface area contributed by atoms with Gasteiger partial charge in [-0.1, -0.05) is 52.2 Å². The van der Waals surface area contributed by atoms with E-state index in [2.05, 4.69) is 40.6 Å². The second-order valence-electron chi connectivity index (χ2n) is 11.7. The predicted octanol–water partition coefficient (Wildman–Crippen LogP) is 5.76. The van der Waals surface area contributed by atoms with Crippen molar-refractivity contribution in [3.05, 3.63) is 28.2 Å². The van der Waals surface area contributed by atoms with Gasteiger partial charge in [0.25, 0.3) is 0 Å². The third kappa shape index (κ3) is 5.53. The van der Waals surface area contributed by atoms with Gasteiger partial charge in [-0.2, -0.15) is 4.39 Å². The van der Waals surface area contributed by atoms with Crippen molar-refractivity contribution in [3.63, 3.8) is 0 Å². The summed E-state index contributed by atoms with van der Waals surface area (Å²) in [6.45, 7) is 14.6. The molecule has 0 saturated heterocycles. The Morgan fingerprint density at radius 3 is 2.62 bits per heavy atom. The topological polar surface area (TPSA) is 95.2 Å². The Bertz CT molecular complexity index is 986. The zero-order chi connectivity index (χ0) is 25.7. The highest BCUT2D eigenvalue weighted by molar-refractivity contribution is 9.10. The lowest BCUT2D eigenvalue weighted by molar-refractivity contribution is -0.0761. The van der Waals surface area contributed by atoms with Gasteiger partial charge in [-0.3, -0.25) is 4.99 Å². The maximum absolute atomic E-state index is 14.9. The molecule has 34 heavy (non-hydrogen) atoms. The minimum Gasteiger partial charge on any atom is -0.465 e. The van der Waals surface area contributed by atoms with E-state index in [1.54, 1.807) is 13.0 Å². The Hall–Kier alpha value is -1.01. The molecule has 2 N–H and O–H groups in total. The van der Waals surface area contributed by atoms with Gasteiger partial charge in [-0.25, -0.2) is 14.7 Å². The SMILES string of the molecule is CC(C)(C)C(OCC[Si](C)(C)C)N(C(=O)O)C1=N[C@](C)(c2cc(Br)cnc2F)[C@@H]2C[C@]2(CO)S1. The van der Waals surface area contributed by atoms with E-state index in [0.29, 0.717) is 17.5 Å². The molecular formula is C23H35BrFN3O4SSi. The zero-order valence-corrected chi connectivity index (χ0v) is 24.3. The highest BCUT2D eigenvalue weighted by Gasteiger charge is 2.67. The summed E-state index contributed by atoms with van der Waals surface area (Å²) in [5.74, 6) is -0.805. The maximum Gasteiger partial charge on any atom is 0.415 e. The summed E-state index contributed by atoms with van der Waals surface area (Å²) in [4.78, 5) is 22.5. The molecule has 0 bridgehead atoms. The van der Waals surface area contributed by atoms with Crippen LogP contribution in [0.4, 0.5) is 9.18 Å². The molecule has 4 atom stereocenters. The van der Waals surface area contributed by atoms with Gasteiger partial charge in [0.15, 0.2) is 5.17 Å². The number of ether oxygens (including phenoxy) is 1. The molecule has 1 fully saturated rings. The number of hydrogen-bond acceptors (Lipinski definition) is 6. The van der Waals surface area contributed by atoms with Crippen LogP contribution in [-0.2, 0) is 10.3 Å². The van der Waals surface area contributed by atoms with E-state index < -0.39 is 42.0 Å². The van der Waals surface area contributed by atoms with Crippen LogP contribution in [0.3, 0.4) is 0 Å². The number of pyridine rings is 1. The van der Waals surface area contributed by atoms with Crippen molar-refractivity contribution in [2.45, 2.75) is 76.3 Å². The summed E-state index contributed by atoms with van der Waals surface area (Å²) in [7, 11) is -1.40. The highest BCUT2D eigenvalue weighted by atomic mass is 79.9. The molecule has 3 rings (SSSR count). The lowest BCUT2D eigenvalue weighted by Crippen LogP contribution is -2.53. The van der Waals surface area contributed by atoms with Crippen LogP contribution in [0, 0.1) is 17.3 Å². The van der Waals surface area contributed by atoms with Crippen molar-refractivity contribution in [1.82, 2.24) is 9.88 Å². The van der Waals surface area contributed by atoms with Crippen molar-refractivity contribution in [1.29, 1.82) is 0 Å². The Morgan fingerprint density at radius 1 is 1.44 bits per heavy atom. The number of amides is 1. The first-order valence-corrected chi connectivity index (χ1v) is 16.7. The molecule has 2 aliphatic rings. The van der Waals surface area contributed by atoms with E-state index >= 15 is 0 Å². The van der Waals surface area contributed by atoms with Crippen molar-refractivity contribution >= 4 is 47.0 Å². The molecule has 190 valence electrons. The van der Waals surface area contributed by atoms with Gasteiger partial charge in [-0.15, -0.1) is 0 Å². The van der Waals surface area contributed by atoms with Gasteiger partial charge < -0.3 is 14.9 Å². The lowest BCUT2D eigenvalue weighted by Gasteiger charge is -2.42.